The second kappa shape index (κ2) is 9.38. The highest BCUT2D eigenvalue weighted by Gasteiger charge is 2.17. The SMILES string of the molecule is COc1cc(Br)cc(C=Nn2c(-c3cc4ccccc4o3)nc3ccccc3c2=O)c1OC(C)C. The minimum atomic E-state index is -0.310. The fourth-order valence-electron chi connectivity index (χ4n) is 3.80. The number of halogens is 1. The van der Waals surface area contributed by atoms with Crippen LogP contribution in [0.5, 0.6) is 11.5 Å². The molecule has 176 valence electrons. The summed E-state index contributed by atoms with van der Waals surface area (Å²) in [5.74, 6) is 1.82. The van der Waals surface area contributed by atoms with Gasteiger partial charge in [-0.15, -0.1) is 0 Å². The van der Waals surface area contributed by atoms with Gasteiger partial charge in [0.05, 0.1) is 30.3 Å². The van der Waals surface area contributed by atoms with E-state index < -0.39 is 0 Å². The molecular formula is C27H22BrN3O4. The Balaban J connectivity index is 1.72. The van der Waals surface area contributed by atoms with Gasteiger partial charge in [0.25, 0.3) is 5.56 Å². The molecule has 0 saturated heterocycles. The van der Waals surface area contributed by atoms with Gasteiger partial charge in [0.15, 0.2) is 17.3 Å². The predicted octanol–water partition coefficient (Wildman–Crippen LogP) is 6.25. The number of hydrogen-bond acceptors (Lipinski definition) is 6. The maximum atomic E-state index is 13.5. The number of nitrogens with zero attached hydrogens (tertiary/aromatic N) is 3. The molecule has 3 aromatic carbocycles. The lowest BCUT2D eigenvalue weighted by atomic mass is 10.2. The number of methoxy groups -OCH3 is 1. The Bertz CT molecular complexity index is 1600. The molecule has 5 rings (SSSR count). The molecule has 0 fully saturated rings. The van der Waals surface area contributed by atoms with Gasteiger partial charge < -0.3 is 13.9 Å². The van der Waals surface area contributed by atoms with Crippen molar-refractivity contribution >= 4 is 44.0 Å². The van der Waals surface area contributed by atoms with Crippen LogP contribution < -0.4 is 15.0 Å². The number of ether oxygens (including phenoxy) is 2. The third kappa shape index (κ3) is 4.44. The summed E-state index contributed by atoms with van der Waals surface area (Å²) in [6, 6.07) is 20.3. The van der Waals surface area contributed by atoms with E-state index in [2.05, 4.69) is 21.0 Å². The average Bonchev–Trinajstić information content (AvgIpc) is 3.28. The minimum absolute atomic E-state index is 0.0895. The third-order valence-electron chi connectivity index (χ3n) is 5.33. The second-order valence-corrected chi connectivity index (χ2v) is 9.07. The van der Waals surface area contributed by atoms with Crippen LogP contribution in [0.15, 0.2) is 85.5 Å². The minimum Gasteiger partial charge on any atom is -0.493 e. The van der Waals surface area contributed by atoms with Crippen LogP contribution in [0.25, 0.3) is 33.5 Å². The summed E-state index contributed by atoms with van der Waals surface area (Å²) >= 11 is 3.51. The zero-order valence-corrected chi connectivity index (χ0v) is 20.9. The number of para-hydroxylation sites is 2. The molecule has 0 amide bonds. The quantitative estimate of drug-likeness (QED) is 0.242. The van der Waals surface area contributed by atoms with Crippen molar-refractivity contribution in [3.63, 3.8) is 0 Å². The Hall–Kier alpha value is -3.91. The first-order chi connectivity index (χ1) is 16.9. The van der Waals surface area contributed by atoms with Crippen molar-refractivity contribution in [2.45, 2.75) is 20.0 Å². The van der Waals surface area contributed by atoms with Gasteiger partial charge in [-0.05, 0) is 50.2 Å². The fourth-order valence-corrected chi connectivity index (χ4v) is 4.26. The first-order valence-electron chi connectivity index (χ1n) is 11.0. The van der Waals surface area contributed by atoms with Gasteiger partial charge >= 0.3 is 0 Å². The van der Waals surface area contributed by atoms with Crippen molar-refractivity contribution in [3.8, 4) is 23.1 Å². The molecule has 0 aliphatic heterocycles. The standard InChI is InChI=1S/C27H22BrN3O4/c1-16(2)34-25-18(12-19(28)14-23(25)33-3)15-29-31-26(24-13-17-8-4-7-11-22(17)35-24)30-21-10-6-5-9-20(21)27(31)32/h4-16H,1-3H3. The first-order valence-corrected chi connectivity index (χ1v) is 11.8. The van der Waals surface area contributed by atoms with Crippen LogP contribution in [0.3, 0.4) is 0 Å². The number of rotatable bonds is 6. The summed E-state index contributed by atoms with van der Waals surface area (Å²) in [6.07, 6.45) is 1.48. The molecule has 35 heavy (non-hydrogen) atoms. The van der Waals surface area contributed by atoms with Crippen molar-refractivity contribution in [1.82, 2.24) is 9.66 Å². The van der Waals surface area contributed by atoms with Crippen molar-refractivity contribution < 1.29 is 13.9 Å². The molecule has 0 bridgehead atoms. The molecule has 0 saturated carbocycles. The van der Waals surface area contributed by atoms with Crippen LogP contribution in [0.1, 0.15) is 19.4 Å². The Kier molecular flexibility index (Phi) is 6.13. The van der Waals surface area contributed by atoms with E-state index in [4.69, 9.17) is 18.9 Å². The number of benzene rings is 3. The maximum absolute atomic E-state index is 13.5. The Morgan fingerprint density at radius 1 is 1.09 bits per heavy atom. The van der Waals surface area contributed by atoms with Crippen LogP contribution in [0.2, 0.25) is 0 Å². The molecule has 0 unspecified atom stereocenters. The van der Waals surface area contributed by atoms with Gasteiger partial charge in [0.1, 0.15) is 5.58 Å². The molecule has 2 aromatic heterocycles. The molecule has 0 aliphatic carbocycles. The smallest absolute Gasteiger partial charge is 0.282 e. The van der Waals surface area contributed by atoms with E-state index >= 15 is 0 Å². The van der Waals surface area contributed by atoms with Gasteiger partial charge in [-0.3, -0.25) is 4.79 Å². The molecule has 0 aliphatic rings. The lowest BCUT2D eigenvalue weighted by Gasteiger charge is -2.16. The van der Waals surface area contributed by atoms with Crippen molar-refractivity contribution in [3.05, 3.63) is 87.1 Å². The number of aromatic nitrogens is 2. The fraction of sp³-hybridized carbons (Fsp3) is 0.148. The van der Waals surface area contributed by atoms with Crippen LogP contribution in [0, 0.1) is 0 Å². The number of hydrogen-bond donors (Lipinski definition) is 0. The van der Waals surface area contributed by atoms with Crippen LogP contribution in [-0.4, -0.2) is 29.1 Å². The Morgan fingerprint density at radius 3 is 2.63 bits per heavy atom. The summed E-state index contributed by atoms with van der Waals surface area (Å²) in [5, 5.41) is 5.92. The molecule has 5 aromatic rings. The molecule has 7 nitrogen and oxygen atoms in total. The van der Waals surface area contributed by atoms with E-state index in [1.165, 1.54) is 4.68 Å². The summed E-state index contributed by atoms with van der Waals surface area (Å²) in [5.41, 5.74) is 1.59. The highest BCUT2D eigenvalue weighted by atomic mass is 79.9. The summed E-state index contributed by atoms with van der Waals surface area (Å²) in [6.45, 7) is 3.86. The van der Waals surface area contributed by atoms with Crippen molar-refractivity contribution in [2.75, 3.05) is 7.11 Å². The van der Waals surface area contributed by atoms with Gasteiger partial charge in [0, 0.05) is 15.4 Å². The molecule has 2 heterocycles. The Morgan fingerprint density at radius 2 is 1.86 bits per heavy atom. The topological polar surface area (TPSA) is 78.9 Å². The lowest BCUT2D eigenvalue weighted by Crippen LogP contribution is -2.20. The highest BCUT2D eigenvalue weighted by molar-refractivity contribution is 9.10. The van der Waals surface area contributed by atoms with Crippen LogP contribution in [-0.2, 0) is 0 Å². The van der Waals surface area contributed by atoms with E-state index in [-0.39, 0.29) is 11.7 Å². The maximum Gasteiger partial charge on any atom is 0.282 e. The molecule has 0 radical (unpaired) electrons. The lowest BCUT2D eigenvalue weighted by molar-refractivity contribution is 0.229. The van der Waals surface area contributed by atoms with E-state index in [0.29, 0.717) is 45.1 Å². The van der Waals surface area contributed by atoms with Crippen LogP contribution in [0.4, 0.5) is 0 Å². The Labute approximate surface area is 209 Å². The van der Waals surface area contributed by atoms with E-state index in [1.807, 2.05) is 62.4 Å². The van der Waals surface area contributed by atoms with Gasteiger partial charge in [0.2, 0.25) is 5.82 Å². The van der Waals surface area contributed by atoms with Crippen molar-refractivity contribution in [2.24, 2.45) is 5.10 Å². The van der Waals surface area contributed by atoms with Gasteiger partial charge in [-0.1, -0.05) is 46.3 Å². The second-order valence-electron chi connectivity index (χ2n) is 8.16. The van der Waals surface area contributed by atoms with Crippen molar-refractivity contribution in [1.29, 1.82) is 0 Å². The normalized spacial score (nSPS) is 11.7. The third-order valence-corrected chi connectivity index (χ3v) is 5.79. The van der Waals surface area contributed by atoms with E-state index in [9.17, 15) is 4.79 Å². The summed E-state index contributed by atoms with van der Waals surface area (Å²) in [7, 11) is 1.58. The summed E-state index contributed by atoms with van der Waals surface area (Å²) in [4.78, 5) is 18.2. The average molecular weight is 532 g/mol. The van der Waals surface area contributed by atoms with Gasteiger partial charge in [-0.2, -0.15) is 9.78 Å². The largest absolute Gasteiger partial charge is 0.493 e. The monoisotopic (exact) mass is 531 g/mol. The molecule has 0 N–H and O–H groups in total. The molecular weight excluding hydrogens is 510 g/mol. The zero-order chi connectivity index (χ0) is 24.5. The number of fused-ring (bicyclic) bond motifs is 2. The van der Waals surface area contributed by atoms with Crippen LogP contribution >= 0.6 is 15.9 Å². The highest BCUT2D eigenvalue weighted by Crippen LogP contribution is 2.35. The zero-order valence-electron chi connectivity index (χ0n) is 19.4. The van der Waals surface area contributed by atoms with Gasteiger partial charge in [-0.25, -0.2) is 4.98 Å². The molecule has 0 atom stereocenters. The van der Waals surface area contributed by atoms with E-state index in [0.717, 1.165) is 9.86 Å². The summed E-state index contributed by atoms with van der Waals surface area (Å²) < 4.78 is 19.6. The predicted molar refractivity (Wildman–Crippen MR) is 141 cm³/mol. The first kappa shape index (κ1) is 22.9. The van der Waals surface area contributed by atoms with E-state index in [1.54, 1.807) is 31.5 Å². The molecule has 0 spiro atoms. The molecule has 8 heteroatoms. The number of furan rings is 1.